The summed E-state index contributed by atoms with van der Waals surface area (Å²) in [6.45, 7) is -1.09. The first-order valence-corrected chi connectivity index (χ1v) is 11.6. The average molecular weight is 587 g/mol. The molecule has 5 rings (SSSR count). The van der Waals surface area contributed by atoms with E-state index in [9.17, 15) is 45.1 Å². The minimum atomic E-state index is -4.98. The SMILES string of the molecule is O=C(Nc1cc2c([nH]c(=O)n2CC(F)F)c2c1[C@H](c1cc(F)ccc1Cl)NC2=O)c1cc(F)cc(C(F)(F)F)c1. The molecule has 3 aromatic carbocycles. The smallest absolute Gasteiger partial charge is 0.341 e. The van der Waals surface area contributed by atoms with Crippen LogP contribution in [0.2, 0.25) is 5.02 Å². The Kier molecular flexibility index (Phi) is 6.60. The van der Waals surface area contributed by atoms with Gasteiger partial charge in [-0.05, 0) is 42.5 Å². The van der Waals surface area contributed by atoms with Crippen molar-refractivity contribution >= 4 is 40.1 Å². The summed E-state index contributed by atoms with van der Waals surface area (Å²) in [5.41, 5.74) is -4.30. The molecule has 1 aromatic heterocycles. The zero-order valence-electron chi connectivity index (χ0n) is 19.6. The number of H-pyrrole nitrogens is 1. The lowest BCUT2D eigenvalue weighted by atomic mass is 9.95. The number of fused-ring (bicyclic) bond motifs is 3. The number of aromatic nitrogens is 2. The summed E-state index contributed by atoms with van der Waals surface area (Å²) in [6, 6.07) is 4.15. The van der Waals surface area contributed by atoms with Crippen molar-refractivity contribution in [3.63, 3.8) is 0 Å². The molecule has 4 aromatic rings. The molecule has 0 saturated heterocycles. The van der Waals surface area contributed by atoms with E-state index in [0.29, 0.717) is 16.7 Å². The molecule has 0 saturated carbocycles. The van der Waals surface area contributed by atoms with Gasteiger partial charge in [0.2, 0.25) is 0 Å². The van der Waals surface area contributed by atoms with Crippen LogP contribution in [0.5, 0.6) is 0 Å². The van der Waals surface area contributed by atoms with E-state index in [1.165, 1.54) is 6.07 Å². The van der Waals surface area contributed by atoms with E-state index in [4.69, 9.17) is 11.6 Å². The van der Waals surface area contributed by atoms with E-state index in [1.807, 2.05) is 0 Å². The first kappa shape index (κ1) is 27.2. The van der Waals surface area contributed by atoms with Crippen LogP contribution in [0, 0.1) is 11.6 Å². The van der Waals surface area contributed by atoms with Crippen molar-refractivity contribution in [3.8, 4) is 0 Å². The van der Waals surface area contributed by atoms with Gasteiger partial charge in [-0.1, -0.05) is 11.6 Å². The molecule has 0 radical (unpaired) electrons. The summed E-state index contributed by atoms with van der Waals surface area (Å²) < 4.78 is 94.8. The largest absolute Gasteiger partial charge is 0.416 e. The monoisotopic (exact) mass is 586 g/mol. The molecule has 0 unspecified atom stereocenters. The van der Waals surface area contributed by atoms with E-state index in [-0.39, 0.29) is 44.5 Å². The Balaban J connectivity index is 1.73. The highest BCUT2D eigenvalue weighted by Gasteiger charge is 2.38. The number of anilines is 1. The molecule has 0 fully saturated rings. The van der Waals surface area contributed by atoms with Crippen molar-refractivity contribution < 1.29 is 40.3 Å². The molecule has 1 aliphatic rings. The molecule has 0 aliphatic carbocycles. The van der Waals surface area contributed by atoms with Crippen LogP contribution in [-0.2, 0) is 12.7 Å². The van der Waals surface area contributed by atoms with Gasteiger partial charge in [-0.2, -0.15) is 13.2 Å². The fourth-order valence-electron chi connectivity index (χ4n) is 4.59. The Hall–Kier alpha value is -4.33. The van der Waals surface area contributed by atoms with Gasteiger partial charge >= 0.3 is 11.9 Å². The van der Waals surface area contributed by atoms with Crippen LogP contribution in [0.1, 0.15) is 43.4 Å². The van der Waals surface area contributed by atoms with Crippen molar-refractivity contribution in [1.29, 1.82) is 0 Å². The number of nitrogens with one attached hydrogen (secondary N) is 3. The molecule has 1 aliphatic heterocycles. The summed E-state index contributed by atoms with van der Waals surface area (Å²) >= 11 is 6.23. The number of halogens is 8. The van der Waals surface area contributed by atoms with Crippen molar-refractivity contribution in [2.75, 3.05) is 5.32 Å². The highest BCUT2D eigenvalue weighted by molar-refractivity contribution is 6.31. The summed E-state index contributed by atoms with van der Waals surface area (Å²) in [5, 5.41) is 4.80. The Morgan fingerprint density at radius 2 is 1.77 bits per heavy atom. The van der Waals surface area contributed by atoms with Crippen LogP contribution in [0.25, 0.3) is 11.0 Å². The number of aromatic amines is 1. The number of alkyl halides is 5. The highest BCUT2D eigenvalue weighted by Crippen LogP contribution is 2.42. The van der Waals surface area contributed by atoms with Crippen LogP contribution < -0.4 is 16.3 Å². The molecular formula is C25H14ClF7N4O3. The molecule has 40 heavy (non-hydrogen) atoms. The fraction of sp³-hybridized carbons (Fsp3) is 0.160. The number of benzene rings is 3. The second kappa shape index (κ2) is 9.70. The second-order valence-corrected chi connectivity index (χ2v) is 9.20. The number of nitrogens with zero attached hydrogens (tertiary/aromatic N) is 1. The molecule has 7 nitrogen and oxygen atoms in total. The average Bonchev–Trinajstić information content (AvgIpc) is 3.36. The number of hydrogen-bond acceptors (Lipinski definition) is 3. The first-order valence-electron chi connectivity index (χ1n) is 11.3. The second-order valence-electron chi connectivity index (χ2n) is 8.79. The van der Waals surface area contributed by atoms with Crippen LogP contribution in [0.15, 0.2) is 47.3 Å². The van der Waals surface area contributed by atoms with E-state index in [2.05, 4.69) is 15.6 Å². The van der Waals surface area contributed by atoms with Crippen LogP contribution in [0.4, 0.5) is 36.4 Å². The molecule has 15 heteroatoms. The zero-order chi connectivity index (χ0) is 29.1. The normalized spacial score (nSPS) is 15.0. The molecule has 3 N–H and O–H groups in total. The highest BCUT2D eigenvalue weighted by atomic mass is 35.5. The van der Waals surface area contributed by atoms with E-state index in [1.54, 1.807) is 0 Å². The van der Waals surface area contributed by atoms with Crippen molar-refractivity contribution in [2.45, 2.75) is 25.2 Å². The Morgan fingerprint density at radius 3 is 2.45 bits per heavy atom. The van der Waals surface area contributed by atoms with E-state index >= 15 is 0 Å². The Labute approximate surface area is 223 Å². The minimum Gasteiger partial charge on any atom is -0.341 e. The molecule has 208 valence electrons. The predicted octanol–water partition coefficient (Wildman–Crippen LogP) is 5.63. The van der Waals surface area contributed by atoms with Crippen molar-refractivity contribution in [2.24, 2.45) is 0 Å². The zero-order valence-corrected chi connectivity index (χ0v) is 20.4. The van der Waals surface area contributed by atoms with E-state index in [0.717, 1.165) is 18.2 Å². The van der Waals surface area contributed by atoms with Crippen molar-refractivity contribution in [3.05, 3.63) is 97.4 Å². The van der Waals surface area contributed by atoms with Gasteiger partial charge in [0.15, 0.2) is 0 Å². The minimum absolute atomic E-state index is 0.0133. The van der Waals surface area contributed by atoms with Gasteiger partial charge in [0.1, 0.15) is 11.6 Å². The van der Waals surface area contributed by atoms with Crippen LogP contribution in [0.3, 0.4) is 0 Å². The lowest BCUT2D eigenvalue weighted by Crippen LogP contribution is -2.22. The van der Waals surface area contributed by atoms with Gasteiger partial charge in [-0.3, -0.25) is 14.2 Å². The molecule has 2 heterocycles. The molecular weight excluding hydrogens is 573 g/mol. The van der Waals surface area contributed by atoms with Crippen LogP contribution >= 0.6 is 11.6 Å². The summed E-state index contributed by atoms with van der Waals surface area (Å²) in [4.78, 5) is 41.0. The quantitative estimate of drug-likeness (QED) is 0.265. The lowest BCUT2D eigenvalue weighted by molar-refractivity contribution is -0.137. The number of amides is 2. The third-order valence-electron chi connectivity index (χ3n) is 6.23. The summed E-state index contributed by atoms with van der Waals surface area (Å²) in [7, 11) is 0. The third kappa shape index (κ3) is 4.78. The number of carbonyl (C=O) groups excluding carboxylic acids is 2. The maximum Gasteiger partial charge on any atom is 0.416 e. The van der Waals surface area contributed by atoms with Gasteiger partial charge in [0.25, 0.3) is 18.2 Å². The number of imidazole rings is 1. The lowest BCUT2D eigenvalue weighted by Gasteiger charge is -2.19. The van der Waals surface area contributed by atoms with Gasteiger partial charge in [0.05, 0.1) is 34.7 Å². The summed E-state index contributed by atoms with van der Waals surface area (Å²) in [6.07, 6.45) is -7.98. The van der Waals surface area contributed by atoms with Gasteiger partial charge in [-0.25, -0.2) is 22.4 Å². The first-order chi connectivity index (χ1) is 18.7. The molecule has 1 atom stereocenters. The van der Waals surface area contributed by atoms with Gasteiger partial charge in [0, 0.05) is 27.4 Å². The number of rotatable bonds is 5. The maximum atomic E-state index is 14.1. The van der Waals surface area contributed by atoms with Crippen LogP contribution in [-0.4, -0.2) is 27.8 Å². The summed E-state index contributed by atoms with van der Waals surface area (Å²) in [5.74, 6) is -4.21. The third-order valence-corrected chi connectivity index (χ3v) is 6.58. The predicted molar refractivity (Wildman–Crippen MR) is 129 cm³/mol. The Bertz CT molecular complexity index is 1760. The molecule has 0 bridgehead atoms. The molecule has 2 amide bonds. The fourth-order valence-corrected chi connectivity index (χ4v) is 4.82. The maximum absolute atomic E-state index is 14.1. The van der Waals surface area contributed by atoms with E-state index < -0.39 is 65.5 Å². The topological polar surface area (TPSA) is 96.0 Å². The van der Waals surface area contributed by atoms with Gasteiger partial charge in [-0.15, -0.1) is 0 Å². The molecule has 0 spiro atoms. The Morgan fingerprint density at radius 1 is 1.05 bits per heavy atom. The number of carbonyl (C=O) groups is 2. The van der Waals surface area contributed by atoms with Crippen molar-refractivity contribution in [1.82, 2.24) is 14.9 Å². The number of hydrogen-bond donors (Lipinski definition) is 3. The van der Waals surface area contributed by atoms with Gasteiger partial charge < -0.3 is 15.6 Å². The standard InChI is InChI=1S/C25H14ClF7N4O3/c26-14-2-1-11(27)6-13(14)20-18-15(34-22(38)9-3-10(25(31,32)33)5-12(28)4-9)7-16-21(19(18)23(39)35-20)36-24(40)37(16)8-17(29)30/h1-7,17,20H,8H2,(H,34,38)(H,35,39)(H,36,40)/t20-/m0/s1.